The van der Waals surface area contributed by atoms with Gasteiger partial charge in [0, 0.05) is 26.2 Å². The van der Waals surface area contributed by atoms with Gasteiger partial charge in [-0.1, -0.05) is 23.6 Å². The van der Waals surface area contributed by atoms with Crippen LogP contribution in [-0.4, -0.2) is 52.3 Å². The first-order chi connectivity index (χ1) is 9.29. The molecule has 1 aliphatic heterocycles. The van der Waals surface area contributed by atoms with Crippen LogP contribution in [0, 0.1) is 0 Å². The van der Waals surface area contributed by atoms with E-state index < -0.39 is 11.2 Å². The van der Waals surface area contributed by atoms with Gasteiger partial charge >= 0.3 is 6.18 Å². The Hall–Kier alpha value is -1.00. The molecule has 2 heterocycles. The van der Waals surface area contributed by atoms with E-state index >= 15 is 0 Å². The van der Waals surface area contributed by atoms with E-state index in [9.17, 15) is 13.2 Å². The van der Waals surface area contributed by atoms with E-state index in [1.807, 2.05) is 6.92 Å². The highest BCUT2D eigenvalue weighted by molar-refractivity contribution is 7.80. The quantitative estimate of drug-likeness (QED) is 0.847. The summed E-state index contributed by atoms with van der Waals surface area (Å²) in [5, 5.41) is 6.20. The molecule has 0 aliphatic carbocycles. The summed E-state index contributed by atoms with van der Waals surface area (Å²) in [7, 11) is 0. The second-order valence-electron chi connectivity index (χ2n) is 4.49. The van der Waals surface area contributed by atoms with Crippen LogP contribution in [0.3, 0.4) is 0 Å². The lowest BCUT2D eigenvalue weighted by atomic mass is 10.2. The summed E-state index contributed by atoms with van der Waals surface area (Å²) < 4.78 is 37.4. The fraction of sp³-hybridized carbons (Fsp3) is 0.700. The Kier molecular flexibility index (Phi) is 4.45. The average Bonchev–Trinajstić information content (AvgIpc) is 2.87. The van der Waals surface area contributed by atoms with Crippen molar-refractivity contribution in [2.45, 2.75) is 19.1 Å². The molecular weight excluding hydrogens is 311 g/mol. The van der Waals surface area contributed by atoms with Gasteiger partial charge in [0.25, 0.3) is 0 Å². The Morgan fingerprint density at radius 1 is 1.30 bits per heavy atom. The van der Waals surface area contributed by atoms with Gasteiger partial charge in [-0.05, 0) is 6.92 Å². The van der Waals surface area contributed by atoms with Gasteiger partial charge in [-0.15, -0.1) is 10.2 Å². The molecule has 0 spiro atoms. The summed E-state index contributed by atoms with van der Waals surface area (Å²) in [4.78, 5) is 4.33. The molecule has 5 nitrogen and oxygen atoms in total. The van der Waals surface area contributed by atoms with E-state index in [0.29, 0.717) is 47.6 Å². The number of halogens is 3. The van der Waals surface area contributed by atoms with Crippen LogP contribution in [0.5, 0.6) is 0 Å². The smallest absolute Gasteiger partial charge is 0.392 e. The molecular formula is C10H14F3N5S2. The number of aromatic nitrogens is 2. The maximum Gasteiger partial charge on any atom is 0.445 e. The van der Waals surface area contributed by atoms with Crippen LogP contribution < -0.4 is 10.6 Å². The SMILES string of the molecule is CC(C(N)=S)N1CCN(c2nnc(C(F)(F)F)s2)CC1. The molecule has 0 amide bonds. The summed E-state index contributed by atoms with van der Waals surface area (Å²) in [5.41, 5.74) is 5.59. The number of hydrogen-bond acceptors (Lipinski definition) is 6. The lowest BCUT2D eigenvalue weighted by Gasteiger charge is -2.37. The van der Waals surface area contributed by atoms with Gasteiger partial charge in [0.1, 0.15) is 0 Å². The molecule has 0 radical (unpaired) electrons. The van der Waals surface area contributed by atoms with E-state index in [1.54, 1.807) is 4.90 Å². The van der Waals surface area contributed by atoms with E-state index in [0.717, 1.165) is 0 Å². The zero-order valence-electron chi connectivity index (χ0n) is 10.7. The predicted octanol–water partition coefficient (Wildman–Crippen LogP) is 1.35. The monoisotopic (exact) mass is 325 g/mol. The van der Waals surface area contributed by atoms with Crippen LogP contribution in [0.4, 0.5) is 18.3 Å². The number of hydrogen-bond donors (Lipinski definition) is 1. The molecule has 1 aromatic heterocycles. The van der Waals surface area contributed by atoms with Crippen LogP contribution in [0.1, 0.15) is 11.9 Å². The highest BCUT2D eigenvalue weighted by Crippen LogP contribution is 2.34. The first-order valence-corrected chi connectivity index (χ1v) is 7.20. The number of nitrogens with two attached hydrogens (primary N) is 1. The highest BCUT2D eigenvalue weighted by Gasteiger charge is 2.36. The molecule has 2 N–H and O–H groups in total. The van der Waals surface area contributed by atoms with Crippen molar-refractivity contribution in [3.8, 4) is 0 Å². The summed E-state index contributed by atoms with van der Waals surface area (Å²) in [5.74, 6) is 0. The van der Waals surface area contributed by atoms with E-state index in [-0.39, 0.29) is 6.04 Å². The largest absolute Gasteiger partial charge is 0.445 e. The zero-order valence-corrected chi connectivity index (χ0v) is 12.4. The predicted molar refractivity (Wildman–Crippen MR) is 74.9 cm³/mol. The Bertz CT molecular complexity index is 481. The molecule has 1 aliphatic rings. The Labute approximate surface area is 123 Å². The molecule has 1 unspecified atom stereocenters. The third kappa shape index (κ3) is 3.36. The Morgan fingerprint density at radius 2 is 1.90 bits per heavy atom. The summed E-state index contributed by atoms with van der Waals surface area (Å²) in [6.45, 7) is 4.45. The van der Waals surface area contributed by atoms with E-state index in [1.165, 1.54) is 0 Å². The van der Waals surface area contributed by atoms with Gasteiger partial charge in [0.2, 0.25) is 10.1 Å². The second-order valence-corrected chi connectivity index (χ2v) is 5.92. The van der Waals surface area contributed by atoms with Gasteiger partial charge in [-0.25, -0.2) is 0 Å². The third-order valence-electron chi connectivity index (χ3n) is 3.20. The molecule has 0 bridgehead atoms. The average molecular weight is 325 g/mol. The first kappa shape index (κ1) is 15.4. The number of piperazine rings is 1. The van der Waals surface area contributed by atoms with Crippen LogP contribution >= 0.6 is 23.6 Å². The van der Waals surface area contributed by atoms with Crippen molar-refractivity contribution in [2.24, 2.45) is 5.73 Å². The molecule has 112 valence electrons. The molecule has 1 fully saturated rings. The minimum atomic E-state index is -4.43. The number of thiocarbonyl (C=S) groups is 1. The molecule has 10 heteroatoms. The van der Waals surface area contributed by atoms with Crippen molar-refractivity contribution in [1.29, 1.82) is 0 Å². The maximum absolute atomic E-state index is 12.5. The van der Waals surface area contributed by atoms with Crippen LogP contribution in [0.25, 0.3) is 0 Å². The number of rotatable bonds is 3. The molecule has 1 atom stereocenters. The summed E-state index contributed by atoms with van der Waals surface area (Å²) in [6.07, 6.45) is -4.43. The fourth-order valence-electron chi connectivity index (χ4n) is 1.94. The van der Waals surface area contributed by atoms with E-state index in [2.05, 4.69) is 15.1 Å². The van der Waals surface area contributed by atoms with Crippen molar-refractivity contribution in [2.75, 3.05) is 31.1 Å². The van der Waals surface area contributed by atoms with Gasteiger partial charge in [0.05, 0.1) is 11.0 Å². The summed E-state index contributed by atoms with van der Waals surface area (Å²) in [6, 6.07) is -0.00712. The zero-order chi connectivity index (χ0) is 14.9. The lowest BCUT2D eigenvalue weighted by molar-refractivity contribution is -0.138. The van der Waals surface area contributed by atoms with E-state index in [4.69, 9.17) is 18.0 Å². The van der Waals surface area contributed by atoms with Crippen molar-refractivity contribution < 1.29 is 13.2 Å². The Balaban J connectivity index is 1.97. The van der Waals surface area contributed by atoms with Gasteiger partial charge in [0.15, 0.2) is 0 Å². The fourth-order valence-corrected chi connectivity index (χ4v) is 2.85. The maximum atomic E-state index is 12.5. The number of anilines is 1. The summed E-state index contributed by atoms with van der Waals surface area (Å²) >= 11 is 5.52. The molecule has 1 saturated heterocycles. The van der Waals surface area contributed by atoms with Crippen LogP contribution in [0.15, 0.2) is 0 Å². The highest BCUT2D eigenvalue weighted by atomic mass is 32.1. The van der Waals surface area contributed by atoms with Crippen molar-refractivity contribution in [3.63, 3.8) is 0 Å². The normalized spacial score (nSPS) is 19.1. The van der Waals surface area contributed by atoms with Crippen molar-refractivity contribution in [1.82, 2.24) is 15.1 Å². The standard InChI is InChI=1S/C10H14F3N5S2/c1-6(7(14)19)17-2-4-18(5-3-17)9-16-15-8(20-9)10(11,12)13/h6H,2-5H2,1H3,(H2,14,19). The van der Waals surface area contributed by atoms with Gasteiger partial charge in [-0.2, -0.15) is 13.2 Å². The first-order valence-electron chi connectivity index (χ1n) is 5.98. The number of alkyl halides is 3. The minimum absolute atomic E-state index is 0.00712. The molecule has 2 rings (SSSR count). The van der Waals surface area contributed by atoms with Gasteiger partial charge < -0.3 is 10.6 Å². The second kappa shape index (κ2) is 5.78. The third-order valence-corrected chi connectivity index (χ3v) is 4.57. The molecule has 20 heavy (non-hydrogen) atoms. The van der Waals surface area contributed by atoms with Gasteiger partial charge in [-0.3, -0.25) is 4.90 Å². The van der Waals surface area contributed by atoms with Crippen LogP contribution in [0.2, 0.25) is 0 Å². The van der Waals surface area contributed by atoms with Crippen molar-refractivity contribution in [3.05, 3.63) is 5.01 Å². The number of nitrogens with zero attached hydrogens (tertiary/aromatic N) is 4. The molecule has 0 aromatic carbocycles. The molecule has 0 saturated carbocycles. The van der Waals surface area contributed by atoms with Crippen LogP contribution in [-0.2, 0) is 6.18 Å². The minimum Gasteiger partial charge on any atom is -0.392 e. The van der Waals surface area contributed by atoms with Crippen molar-refractivity contribution >= 4 is 33.7 Å². The molecule has 1 aromatic rings. The lowest BCUT2D eigenvalue weighted by Crippen LogP contribution is -2.52. The Morgan fingerprint density at radius 3 is 2.35 bits per heavy atom. The topological polar surface area (TPSA) is 58.3 Å².